The van der Waals surface area contributed by atoms with Gasteiger partial charge >= 0.3 is 0 Å². The summed E-state index contributed by atoms with van der Waals surface area (Å²) >= 11 is 13.8. The summed E-state index contributed by atoms with van der Waals surface area (Å²) in [5, 5.41) is 15.7. The van der Waals surface area contributed by atoms with Gasteiger partial charge in [-0.2, -0.15) is 9.50 Å². The maximum absolute atomic E-state index is 10.3. The molecule has 4 aromatic rings. The van der Waals surface area contributed by atoms with Crippen LogP contribution in [0, 0.1) is 0 Å². The first kappa shape index (κ1) is 18.1. The molecule has 0 amide bonds. The van der Waals surface area contributed by atoms with E-state index in [1.807, 2.05) is 42.5 Å². The first-order chi connectivity index (χ1) is 13.1. The molecular formula is C19H14Cl2N4OS. The van der Waals surface area contributed by atoms with E-state index in [9.17, 15) is 5.11 Å². The standard InChI is InChI=1S/C19H14Cl2N4OS/c20-14-7-4-8-15(18(14)21)27-11-13-10-17(26)25-19(22-13)23-16(24-25)9-12-5-2-1-3-6-12/h1-8,10,26H,9,11H2. The molecule has 0 aliphatic rings. The van der Waals surface area contributed by atoms with Crippen LogP contribution in [0.25, 0.3) is 5.78 Å². The zero-order chi connectivity index (χ0) is 18.8. The zero-order valence-corrected chi connectivity index (χ0v) is 16.3. The van der Waals surface area contributed by atoms with Crippen molar-refractivity contribution in [3.05, 3.63) is 81.7 Å². The molecule has 0 atom stereocenters. The van der Waals surface area contributed by atoms with Crippen molar-refractivity contribution in [2.45, 2.75) is 17.1 Å². The Balaban J connectivity index is 1.57. The number of nitrogens with zero attached hydrogens (tertiary/aromatic N) is 4. The normalized spacial score (nSPS) is 11.2. The molecule has 0 fully saturated rings. The van der Waals surface area contributed by atoms with Gasteiger partial charge < -0.3 is 5.11 Å². The largest absolute Gasteiger partial charge is 0.493 e. The highest BCUT2D eigenvalue weighted by Crippen LogP contribution is 2.34. The minimum Gasteiger partial charge on any atom is -0.493 e. The van der Waals surface area contributed by atoms with Crippen molar-refractivity contribution in [3.8, 4) is 5.88 Å². The van der Waals surface area contributed by atoms with Crippen LogP contribution in [0.4, 0.5) is 0 Å². The van der Waals surface area contributed by atoms with E-state index in [1.54, 1.807) is 12.1 Å². The van der Waals surface area contributed by atoms with Crippen molar-refractivity contribution in [2.75, 3.05) is 0 Å². The Morgan fingerprint density at radius 1 is 1.00 bits per heavy atom. The summed E-state index contributed by atoms with van der Waals surface area (Å²) in [5.74, 6) is 1.49. The first-order valence-electron chi connectivity index (χ1n) is 8.15. The molecule has 27 heavy (non-hydrogen) atoms. The van der Waals surface area contributed by atoms with Gasteiger partial charge in [0.15, 0.2) is 5.82 Å². The third-order valence-corrected chi connectivity index (χ3v) is 5.91. The van der Waals surface area contributed by atoms with Gasteiger partial charge in [0.1, 0.15) is 0 Å². The van der Waals surface area contributed by atoms with Crippen LogP contribution in [0.15, 0.2) is 59.5 Å². The highest BCUT2D eigenvalue weighted by atomic mass is 35.5. The molecule has 0 unspecified atom stereocenters. The fourth-order valence-corrected chi connectivity index (χ4v) is 4.00. The Morgan fingerprint density at radius 2 is 1.81 bits per heavy atom. The summed E-state index contributed by atoms with van der Waals surface area (Å²) in [6.07, 6.45) is 0.575. The number of aromatic hydroxyl groups is 1. The number of thioether (sulfide) groups is 1. The maximum Gasteiger partial charge on any atom is 0.255 e. The van der Waals surface area contributed by atoms with Gasteiger partial charge in [-0.3, -0.25) is 0 Å². The topological polar surface area (TPSA) is 63.3 Å². The maximum atomic E-state index is 10.3. The van der Waals surface area contributed by atoms with E-state index in [4.69, 9.17) is 23.2 Å². The fourth-order valence-electron chi connectivity index (χ4n) is 2.62. The fraction of sp³-hybridized carbons (Fsp3) is 0.105. The van der Waals surface area contributed by atoms with Gasteiger partial charge in [0.2, 0.25) is 5.88 Å². The molecular weight excluding hydrogens is 403 g/mol. The highest BCUT2D eigenvalue weighted by molar-refractivity contribution is 7.98. The van der Waals surface area contributed by atoms with Crippen LogP contribution in [0.1, 0.15) is 17.1 Å². The van der Waals surface area contributed by atoms with Gasteiger partial charge in [-0.1, -0.05) is 59.6 Å². The molecule has 0 spiro atoms. The van der Waals surface area contributed by atoms with E-state index in [-0.39, 0.29) is 5.88 Å². The number of hydrogen-bond acceptors (Lipinski definition) is 5. The molecule has 8 heteroatoms. The Labute approximate surface area is 170 Å². The zero-order valence-electron chi connectivity index (χ0n) is 14.0. The minimum absolute atomic E-state index is 0.000368. The van der Waals surface area contributed by atoms with Crippen LogP contribution in [-0.2, 0) is 12.2 Å². The Hall–Kier alpha value is -2.28. The molecule has 2 aromatic heterocycles. The molecule has 2 aromatic carbocycles. The molecule has 2 heterocycles. The summed E-state index contributed by atoms with van der Waals surface area (Å²) in [5.41, 5.74) is 1.78. The molecule has 4 rings (SSSR count). The summed E-state index contributed by atoms with van der Waals surface area (Å²) < 4.78 is 1.35. The van der Waals surface area contributed by atoms with Gasteiger partial charge in [0.25, 0.3) is 5.78 Å². The molecule has 1 N–H and O–H groups in total. The van der Waals surface area contributed by atoms with Gasteiger partial charge in [-0.05, 0) is 17.7 Å². The second kappa shape index (κ2) is 7.76. The molecule has 0 saturated carbocycles. The lowest BCUT2D eigenvalue weighted by atomic mass is 10.1. The van der Waals surface area contributed by atoms with Crippen molar-refractivity contribution in [2.24, 2.45) is 0 Å². The summed E-state index contributed by atoms with van der Waals surface area (Å²) in [7, 11) is 0. The number of rotatable bonds is 5. The van der Waals surface area contributed by atoms with Crippen LogP contribution < -0.4 is 0 Å². The Bertz CT molecular complexity index is 1100. The lowest BCUT2D eigenvalue weighted by Crippen LogP contribution is -1.96. The Kier molecular flexibility index (Phi) is 5.20. The van der Waals surface area contributed by atoms with Crippen LogP contribution in [0.2, 0.25) is 10.0 Å². The average molecular weight is 417 g/mol. The second-order valence-corrected chi connectivity index (χ2v) is 7.65. The van der Waals surface area contributed by atoms with E-state index in [0.29, 0.717) is 39.5 Å². The lowest BCUT2D eigenvalue weighted by Gasteiger charge is -2.06. The van der Waals surface area contributed by atoms with Crippen LogP contribution in [0.5, 0.6) is 5.88 Å². The van der Waals surface area contributed by atoms with Crippen molar-refractivity contribution >= 4 is 40.7 Å². The van der Waals surface area contributed by atoms with Gasteiger partial charge in [-0.25, -0.2) is 4.98 Å². The van der Waals surface area contributed by atoms with Gasteiger partial charge in [-0.15, -0.1) is 16.9 Å². The number of fused-ring (bicyclic) bond motifs is 1. The van der Waals surface area contributed by atoms with E-state index in [2.05, 4.69) is 15.1 Å². The molecule has 0 saturated heterocycles. The molecule has 136 valence electrons. The van der Waals surface area contributed by atoms with Crippen molar-refractivity contribution < 1.29 is 5.11 Å². The van der Waals surface area contributed by atoms with E-state index in [0.717, 1.165) is 10.5 Å². The predicted molar refractivity (Wildman–Crippen MR) is 108 cm³/mol. The van der Waals surface area contributed by atoms with E-state index in [1.165, 1.54) is 16.3 Å². The summed E-state index contributed by atoms with van der Waals surface area (Å²) in [4.78, 5) is 9.80. The summed E-state index contributed by atoms with van der Waals surface area (Å²) in [6, 6.07) is 17.0. The molecule has 0 aliphatic carbocycles. The lowest BCUT2D eigenvalue weighted by molar-refractivity contribution is 0.434. The van der Waals surface area contributed by atoms with E-state index < -0.39 is 0 Å². The summed E-state index contributed by atoms with van der Waals surface area (Å²) in [6.45, 7) is 0. The monoisotopic (exact) mass is 416 g/mol. The Morgan fingerprint density at radius 3 is 2.63 bits per heavy atom. The number of halogens is 2. The van der Waals surface area contributed by atoms with Crippen molar-refractivity contribution in [3.63, 3.8) is 0 Å². The minimum atomic E-state index is -0.000368. The smallest absolute Gasteiger partial charge is 0.255 e. The molecule has 5 nitrogen and oxygen atoms in total. The molecule has 0 aliphatic heterocycles. The van der Waals surface area contributed by atoms with Crippen molar-refractivity contribution in [1.82, 2.24) is 19.6 Å². The van der Waals surface area contributed by atoms with Gasteiger partial charge in [0.05, 0.1) is 15.7 Å². The molecule has 0 radical (unpaired) electrons. The quantitative estimate of drug-likeness (QED) is 0.462. The molecule has 0 bridgehead atoms. The number of aromatic nitrogens is 4. The van der Waals surface area contributed by atoms with Crippen LogP contribution in [-0.4, -0.2) is 24.7 Å². The van der Waals surface area contributed by atoms with Gasteiger partial charge in [0, 0.05) is 23.1 Å². The predicted octanol–water partition coefficient (Wildman–Crippen LogP) is 5.02. The first-order valence-corrected chi connectivity index (χ1v) is 9.89. The second-order valence-electron chi connectivity index (χ2n) is 5.85. The number of hydrogen-bond donors (Lipinski definition) is 1. The average Bonchev–Trinajstić information content (AvgIpc) is 3.07. The van der Waals surface area contributed by atoms with Crippen LogP contribution in [0.3, 0.4) is 0 Å². The SMILES string of the molecule is Oc1cc(CSc2cccc(Cl)c2Cl)nc2nc(Cc3ccccc3)nn12. The van der Waals surface area contributed by atoms with E-state index >= 15 is 0 Å². The third kappa shape index (κ3) is 4.03. The number of benzene rings is 2. The van der Waals surface area contributed by atoms with Crippen molar-refractivity contribution in [1.29, 1.82) is 0 Å². The third-order valence-electron chi connectivity index (χ3n) is 3.89. The van der Waals surface area contributed by atoms with Crippen LogP contribution >= 0.6 is 35.0 Å². The highest BCUT2D eigenvalue weighted by Gasteiger charge is 2.12.